The molecule has 138 valence electrons. The summed E-state index contributed by atoms with van der Waals surface area (Å²) in [5.41, 5.74) is 7.13. The van der Waals surface area contributed by atoms with Crippen molar-refractivity contribution < 1.29 is 0 Å². The topological polar surface area (TPSA) is 62.7 Å². The third-order valence-corrected chi connectivity index (χ3v) is 5.07. The fraction of sp³-hybridized carbons (Fsp3) is 0.429. The van der Waals surface area contributed by atoms with E-state index in [1.807, 2.05) is 17.6 Å². The molecule has 0 aliphatic heterocycles. The van der Waals surface area contributed by atoms with Gasteiger partial charge in [-0.25, -0.2) is 9.78 Å². The minimum Gasteiger partial charge on any atom is -0.338 e. The molecule has 3 aromatic rings. The van der Waals surface area contributed by atoms with Crippen LogP contribution in [0, 0.1) is 27.7 Å². The summed E-state index contributed by atoms with van der Waals surface area (Å²) in [5, 5.41) is 3.47. The van der Waals surface area contributed by atoms with Crippen molar-refractivity contribution in [3.63, 3.8) is 0 Å². The monoisotopic (exact) mass is 352 g/mol. The Morgan fingerprint density at radius 1 is 1.08 bits per heavy atom. The van der Waals surface area contributed by atoms with Crippen molar-refractivity contribution in [2.45, 2.75) is 60.4 Å². The third-order valence-electron chi connectivity index (χ3n) is 5.07. The van der Waals surface area contributed by atoms with E-state index in [0.717, 1.165) is 35.3 Å². The van der Waals surface area contributed by atoms with E-state index in [9.17, 15) is 4.79 Å². The van der Waals surface area contributed by atoms with E-state index in [2.05, 4.69) is 62.0 Å². The molecule has 0 amide bonds. The number of hydrogen-bond donors (Lipinski definition) is 2. The van der Waals surface area contributed by atoms with Gasteiger partial charge in [0.05, 0.1) is 5.52 Å². The molecule has 0 bridgehead atoms. The Balaban J connectivity index is 2.19. The minimum atomic E-state index is -0.0681. The largest absolute Gasteiger partial charge is 0.338 e. The molecule has 1 aromatic carbocycles. The van der Waals surface area contributed by atoms with Crippen molar-refractivity contribution in [3.8, 4) is 0 Å². The summed E-state index contributed by atoms with van der Waals surface area (Å²) in [6, 6.07) is 6.49. The summed E-state index contributed by atoms with van der Waals surface area (Å²) in [6.07, 6.45) is 1.84. The van der Waals surface area contributed by atoms with Gasteiger partial charge in [-0.2, -0.15) is 0 Å². The Morgan fingerprint density at radius 3 is 2.27 bits per heavy atom. The minimum absolute atomic E-state index is 0.0681. The maximum absolute atomic E-state index is 12.6. The molecular formula is C21H28N4O. The second-order valence-corrected chi connectivity index (χ2v) is 7.18. The smallest absolute Gasteiger partial charge is 0.326 e. The number of aromatic amines is 1. The highest BCUT2D eigenvalue weighted by molar-refractivity contribution is 5.89. The molecule has 5 nitrogen and oxygen atoms in total. The van der Waals surface area contributed by atoms with Gasteiger partial charge in [-0.15, -0.1) is 0 Å². The van der Waals surface area contributed by atoms with Crippen LogP contribution in [-0.4, -0.2) is 14.5 Å². The highest BCUT2D eigenvalue weighted by atomic mass is 16.1. The molecule has 0 fully saturated rings. The SMILES string of the molecule is CCC(CC)n1c(=O)[nH]c2c(Nc3c(C)cc(C)cc3C)nc(C)cc21. The van der Waals surface area contributed by atoms with Crippen molar-refractivity contribution in [1.82, 2.24) is 14.5 Å². The lowest BCUT2D eigenvalue weighted by Gasteiger charge is -2.16. The standard InChI is InChI=1S/C21H28N4O/c1-7-16(8-2)25-17-11-15(6)22-20(19(17)24-21(25)26)23-18-13(4)9-12(3)10-14(18)5/h9-11,16H,7-8H2,1-6H3,(H,22,23)(H,24,26). The summed E-state index contributed by atoms with van der Waals surface area (Å²) in [4.78, 5) is 20.3. The average Bonchev–Trinajstić information content (AvgIpc) is 2.89. The molecule has 0 spiro atoms. The number of pyridine rings is 1. The van der Waals surface area contributed by atoms with Crippen molar-refractivity contribution in [2.24, 2.45) is 0 Å². The van der Waals surface area contributed by atoms with E-state index >= 15 is 0 Å². The number of rotatable bonds is 5. The average molecular weight is 352 g/mol. The third kappa shape index (κ3) is 3.14. The van der Waals surface area contributed by atoms with Crippen LogP contribution in [0.25, 0.3) is 11.0 Å². The Morgan fingerprint density at radius 2 is 1.69 bits per heavy atom. The van der Waals surface area contributed by atoms with Gasteiger partial charge in [0.25, 0.3) is 0 Å². The number of benzene rings is 1. The van der Waals surface area contributed by atoms with Gasteiger partial charge in [-0.3, -0.25) is 4.57 Å². The van der Waals surface area contributed by atoms with Gasteiger partial charge in [0.1, 0.15) is 5.52 Å². The van der Waals surface area contributed by atoms with E-state index in [4.69, 9.17) is 0 Å². The summed E-state index contributed by atoms with van der Waals surface area (Å²) < 4.78 is 1.88. The van der Waals surface area contributed by atoms with Crippen molar-refractivity contribution in [2.75, 3.05) is 5.32 Å². The summed E-state index contributed by atoms with van der Waals surface area (Å²) in [7, 11) is 0. The molecule has 2 heterocycles. The summed E-state index contributed by atoms with van der Waals surface area (Å²) in [5.74, 6) is 0.705. The Kier molecular flexibility index (Phi) is 4.90. The second-order valence-electron chi connectivity index (χ2n) is 7.18. The summed E-state index contributed by atoms with van der Waals surface area (Å²) >= 11 is 0. The van der Waals surface area contributed by atoms with Crippen LogP contribution in [0.1, 0.15) is 55.1 Å². The second kappa shape index (κ2) is 6.98. The normalized spacial score (nSPS) is 11.5. The van der Waals surface area contributed by atoms with Gasteiger partial charge < -0.3 is 10.3 Å². The van der Waals surface area contributed by atoms with Crippen LogP contribution in [-0.2, 0) is 0 Å². The van der Waals surface area contributed by atoms with Crippen LogP contribution in [0.2, 0.25) is 0 Å². The number of imidazole rings is 1. The first-order valence-corrected chi connectivity index (χ1v) is 9.32. The van der Waals surface area contributed by atoms with Gasteiger partial charge in [0, 0.05) is 17.4 Å². The molecule has 3 rings (SSSR count). The van der Waals surface area contributed by atoms with Crippen LogP contribution < -0.4 is 11.0 Å². The molecule has 0 radical (unpaired) electrons. The number of hydrogen-bond acceptors (Lipinski definition) is 3. The van der Waals surface area contributed by atoms with Gasteiger partial charge in [-0.1, -0.05) is 31.5 Å². The van der Waals surface area contributed by atoms with Crippen molar-refractivity contribution >= 4 is 22.5 Å². The molecule has 0 saturated heterocycles. The molecule has 0 aliphatic rings. The first kappa shape index (κ1) is 18.2. The molecule has 5 heteroatoms. The number of aromatic nitrogens is 3. The summed E-state index contributed by atoms with van der Waals surface area (Å²) in [6.45, 7) is 12.5. The predicted octanol–water partition coefficient (Wildman–Crippen LogP) is 5.06. The Bertz CT molecular complexity index is 986. The molecule has 2 N–H and O–H groups in total. The maximum atomic E-state index is 12.6. The van der Waals surface area contributed by atoms with E-state index in [-0.39, 0.29) is 11.7 Å². The molecule has 0 atom stereocenters. The lowest BCUT2D eigenvalue weighted by molar-refractivity contribution is 0.471. The van der Waals surface area contributed by atoms with Gasteiger partial charge >= 0.3 is 5.69 Å². The predicted molar refractivity (Wildman–Crippen MR) is 109 cm³/mol. The lowest BCUT2D eigenvalue weighted by atomic mass is 10.1. The molecule has 26 heavy (non-hydrogen) atoms. The van der Waals surface area contributed by atoms with E-state index in [0.29, 0.717) is 5.82 Å². The van der Waals surface area contributed by atoms with Gasteiger partial charge in [0.2, 0.25) is 0 Å². The van der Waals surface area contributed by atoms with Gasteiger partial charge in [0.15, 0.2) is 5.82 Å². The van der Waals surface area contributed by atoms with Crippen molar-refractivity contribution in [1.29, 1.82) is 0 Å². The highest BCUT2D eigenvalue weighted by Crippen LogP contribution is 2.30. The first-order valence-electron chi connectivity index (χ1n) is 9.32. The van der Waals surface area contributed by atoms with Crippen LogP contribution in [0.4, 0.5) is 11.5 Å². The van der Waals surface area contributed by atoms with Gasteiger partial charge in [-0.05, 0) is 57.7 Å². The number of anilines is 2. The van der Waals surface area contributed by atoms with Crippen LogP contribution in [0.3, 0.4) is 0 Å². The fourth-order valence-electron chi connectivity index (χ4n) is 3.85. The number of aryl methyl sites for hydroxylation is 4. The molecule has 0 aliphatic carbocycles. The molecule has 0 saturated carbocycles. The zero-order valence-electron chi connectivity index (χ0n) is 16.5. The van der Waals surface area contributed by atoms with E-state index in [1.165, 1.54) is 16.7 Å². The number of nitrogens with zero attached hydrogens (tertiary/aromatic N) is 2. The Hall–Kier alpha value is -2.56. The quantitative estimate of drug-likeness (QED) is 0.674. The van der Waals surface area contributed by atoms with Crippen LogP contribution in [0.5, 0.6) is 0 Å². The zero-order valence-corrected chi connectivity index (χ0v) is 16.5. The fourth-order valence-corrected chi connectivity index (χ4v) is 3.85. The van der Waals surface area contributed by atoms with Crippen molar-refractivity contribution in [3.05, 3.63) is 51.1 Å². The van der Waals surface area contributed by atoms with E-state index < -0.39 is 0 Å². The number of nitrogens with one attached hydrogen (secondary N) is 2. The van der Waals surface area contributed by atoms with E-state index in [1.54, 1.807) is 0 Å². The Labute approximate surface area is 154 Å². The number of fused-ring (bicyclic) bond motifs is 1. The molecule has 2 aromatic heterocycles. The highest BCUT2D eigenvalue weighted by Gasteiger charge is 2.18. The van der Waals surface area contributed by atoms with Crippen LogP contribution >= 0.6 is 0 Å². The zero-order chi connectivity index (χ0) is 19.0. The first-order chi connectivity index (χ1) is 12.3. The maximum Gasteiger partial charge on any atom is 0.326 e. The van der Waals surface area contributed by atoms with Crippen LogP contribution in [0.15, 0.2) is 23.0 Å². The molecular weight excluding hydrogens is 324 g/mol. The molecule has 0 unspecified atom stereocenters. The number of H-pyrrole nitrogens is 1. The lowest BCUT2D eigenvalue weighted by Crippen LogP contribution is -2.21.